The predicted octanol–water partition coefficient (Wildman–Crippen LogP) is 3.76. The Bertz CT molecular complexity index is 949. The molecule has 164 valence electrons. The summed E-state index contributed by atoms with van der Waals surface area (Å²) in [6.45, 7) is 3.37. The normalized spacial score (nSPS) is 14.7. The summed E-state index contributed by atoms with van der Waals surface area (Å²) in [5.74, 6) is -1.07. The minimum atomic E-state index is -0.680. The summed E-state index contributed by atoms with van der Waals surface area (Å²) in [5.41, 5.74) is 2.97. The fourth-order valence-corrected chi connectivity index (χ4v) is 4.09. The van der Waals surface area contributed by atoms with Crippen molar-refractivity contribution in [2.75, 3.05) is 25.5 Å². The van der Waals surface area contributed by atoms with Crippen molar-refractivity contribution in [1.82, 2.24) is 4.90 Å². The van der Waals surface area contributed by atoms with E-state index in [4.69, 9.17) is 4.74 Å². The molecule has 31 heavy (non-hydrogen) atoms. The zero-order valence-corrected chi connectivity index (χ0v) is 18.4. The van der Waals surface area contributed by atoms with Crippen molar-refractivity contribution in [1.29, 1.82) is 0 Å². The van der Waals surface area contributed by atoms with Gasteiger partial charge in [-0.15, -0.1) is 0 Å². The number of nitrogens with one attached hydrogen (secondary N) is 1. The van der Waals surface area contributed by atoms with E-state index in [0.29, 0.717) is 0 Å². The number of hydrogen-bond donors (Lipinski definition) is 1. The van der Waals surface area contributed by atoms with Crippen LogP contribution in [0.1, 0.15) is 42.4 Å². The Morgan fingerprint density at radius 1 is 1.03 bits per heavy atom. The molecular formula is C25H30N2O4. The maximum absolute atomic E-state index is 13.0. The van der Waals surface area contributed by atoms with E-state index in [1.807, 2.05) is 62.4 Å². The first kappa shape index (κ1) is 22.5. The highest BCUT2D eigenvalue weighted by Crippen LogP contribution is 2.42. The summed E-state index contributed by atoms with van der Waals surface area (Å²) in [7, 11) is 1.53. The molecule has 0 aromatic heterocycles. The van der Waals surface area contributed by atoms with E-state index in [-0.39, 0.29) is 25.0 Å². The molecule has 0 aliphatic heterocycles. The van der Waals surface area contributed by atoms with Gasteiger partial charge >= 0.3 is 5.97 Å². The predicted molar refractivity (Wildman–Crippen MR) is 120 cm³/mol. The molecule has 1 fully saturated rings. The molecule has 6 heteroatoms. The fraction of sp³-hybridized carbons (Fsp3) is 0.400. The summed E-state index contributed by atoms with van der Waals surface area (Å²) < 4.78 is 5.44. The highest BCUT2D eigenvalue weighted by Gasteiger charge is 2.44. The van der Waals surface area contributed by atoms with Crippen molar-refractivity contribution < 1.29 is 19.1 Å². The minimum absolute atomic E-state index is 0.117. The Morgan fingerprint density at radius 2 is 1.71 bits per heavy atom. The third kappa shape index (κ3) is 5.32. The molecule has 2 aromatic carbocycles. The van der Waals surface area contributed by atoms with Gasteiger partial charge in [0.1, 0.15) is 0 Å². The van der Waals surface area contributed by atoms with E-state index in [9.17, 15) is 14.4 Å². The van der Waals surface area contributed by atoms with Crippen LogP contribution in [-0.2, 0) is 24.5 Å². The largest absolute Gasteiger partial charge is 0.455 e. The van der Waals surface area contributed by atoms with Crippen LogP contribution in [-0.4, -0.2) is 42.9 Å². The van der Waals surface area contributed by atoms with Gasteiger partial charge in [0.05, 0.1) is 12.0 Å². The van der Waals surface area contributed by atoms with Crippen LogP contribution in [0.15, 0.2) is 48.5 Å². The smallest absolute Gasteiger partial charge is 0.317 e. The van der Waals surface area contributed by atoms with Crippen LogP contribution in [0.25, 0.3) is 0 Å². The van der Waals surface area contributed by atoms with E-state index in [0.717, 1.165) is 48.1 Å². The third-order valence-corrected chi connectivity index (χ3v) is 5.97. The number of aryl methyl sites for hydroxylation is 2. The lowest BCUT2D eigenvalue weighted by Crippen LogP contribution is -2.40. The number of anilines is 1. The van der Waals surface area contributed by atoms with Crippen molar-refractivity contribution in [2.45, 2.75) is 44.9 Å². The van der Waals surface area contributed by atoms with Crippen LogP contribution in [0.4, 0.5) is 5.69 Å². The Balaban J connectivity index is 1.55. The number of hydrogen-bond acceptors (Lipinski definition) is 4. The zero-order chi connectivity index (χ0) is 22.4. The SMILES string of the molecule is Cc1ccc(C)c(NC(=O)CN(C)C(=O)COC(=O)C2(c3ccccc3)CCCC2)c1. The molecule has 1 saturated carbocycles. The molecule has 2 amide bonds. The lowest BCUT2D eigenvalue weighted by Gasteiger charge is -2.27. The van der Waals surface area contributed by atoms with Crippen molar-refractivity contribution in [2.24, 2.45) is 0 Å². The third-order valence-electron chi connectivity index (χ3n) is 5.97. The molecule has 2 aromatic rings. The molecule has 0 radical (unpaired) electrons. The lowest BCUT2D eigenvalue weighted by molar-refractivity contribution is -0.156. The highest BCUT2D eigenvalue weighted by molar-refractivity contribution is 5.95. The zero-order valence-electron chi connectivity index (χ0n) is 18.4. The number of likely N-dealkylation sites (N-methyl/N-ethyl adjacent to an activating group) is 1. The summed E-state index contributed by atoms with van der Waals surface area (Å²) in [6.07, 6.45) is 3.35. The van der Waals surface area contributed by atoms with Gasteiger partial charge in [-0.3, -0.25) is 14.4 Å². The molecule has 1 aliphatic rings. The van der Waals surface area contributed by atoms with E-state index in [2.05, 4.69) is 5.32 Å². The first-order valence-corrected chi connectivity index (χ1v) is 10.7. The molecule has 0 spiro atoms. The van der Waals surface area contributed by atoms with E-state index < -0.39 is 11.3 Å². The highest BCUT2D eigenvalue weighted by atomic mass is 16.5. The van der Waals surface area contributed by atoms with E-state index in [1.54, 1.807) is 0 Å². The maximum Gasteiger partial charge on any atom is 0.317 e. The lowest BCUT2D eigenvalue weighted by atomic mass is 9.79. The molecular weight excluding hydrogens is 392 g/mol. The fourth-order valence-electron chi connectivity index (χ4n) is 4.09. The average Bonchev–Trinajstić information content (AvgIpc) is 3.26. The van der Waals surface area contributed by atoms with Crippen molar-refractivity contribution >= 4 is 23.5 Å². The number of nitrogens with zero attached hydrogens (tertiary/aromatic N) is 1. The van der Waals surface area contributed by atoms with Gasteiger partial charge in [-0.1, -0.05) is 55.3 Å². The molecule has 0 atom stereocenters. The molecule has 1 N–H and O–H groups in total. The minimum Gasteiger partial charge on any atom is -0.455 e. The maximum atomic E-state index is 13.0. The number of amides is 2. The van der Waals surface area contributed by atoms with Gasteiger partial charge in [0.25, 0.3) is 5.91 Å². The topological polar surface area (TPSA) is 75.7 Å². The quantitative estimate of drug-likeness (QED) is 0.690. The Morgan fingerprint density at radius 3 is 2.39 bits per heavy atom. The number of ether oxygens (including phenoxy) is 1. The van der Waals surface area contributed by atoms with Crippen LogP contribution in [0.3, 0.4) is 0 Å². The van der Waals surface area contributed by atoms with E-state index in [1.165, 1.54) is 11.9 Å². The first-order valence-electron chi connectivity index (χ1n) is 10.7. The summed E-state index contributed by atoms with van der Waals surface area (Å²) >= 11 is 0. The second-order valence-corrected chi connectivity index (χ2v) is 8.35. The van der Waals surface area contributed by atoms with E-state index >= 15 is 0 Å². The van der Waals surface area contributed by atoms with Gasteiger partial charge in [0.15, 0.2) is 6.61 Å². The van der Waals surface area contributed by atoms with Gasteiger partial charge in [-0.05, 0) is 49.4 Å². The van der Waals surface area contributed by atoms with Crippen molar-refractivity contribution in [3.8, 4) is 0 Å². The Hall–Kier alpha value is -3.15. The van der Waals surface area contributed by atoms with Crippen LogP contribution < -0.4 is 5.32 Å². The number of carbonyl (C=O) groups excluding carboxylic acids is 3. The van der Waals surface area contributed by atoms with Gasteiger partial charge in [0, 0.05) is 12.7 Å². The molecule has 3 rings (SSSR count). The van der Waals surface area contributed by atoms with Crippen LogP contribution in [0.5, 0.6) is 0 Å². The summed E-state index contributed by atoms with van der Waals surface area (Å²) in [6, 6.07) is 15.4. The summed E-state index contributed by atoms with van der Waals surface area (Å²) in [4.78, 5) is 39.1. The van der Waals surface area contributed by atoms with Crippen LogP contribution in [0, 0.1) is 13.8 Å². The summed E-state index contributed by atoms with van der Waals surface area (Å²) in [5, 5.41) is 2.83. The standard InChI is InChI=1S/C25H30N2O4/c1-18-11-12-19(2)21(15-18)26-22(28)16-27(3)23(29)17-31-24(30)25(13-7-8-14-25)20-9-5-4-6-10-20/h4-6,9-12,15H,7-8,13-14,16-17H2,1-3H3,(H,26,28). The molecule has 0 heterocycles. The van der Waals surface area contributed by atoms with Crippen LogP contribution >= 0.6 is 0 Å². The van der Waals surface area contributed by atoms with Gasteiger partial charge in [-0.2, -0.15) is 0 Å². The van der Waals surface area contributed by atoms with Gasteiger partial charge in [0.2, 0.25) is 5.91 Å². The second kappa shape index (κ2) is 9.77. The second-order valence-electron chi connectivity index (χ2n) is 8.35. The molecule has 0 saturated heterocycles. The number of rotatable bonds is 7. The first-order chi connectivity index (χ1) is 14.8. The Labute approximate surface area is 183 Å². The Kier molecular flexibility index (Phi) is 7.10. The average molecular weight is 423 g/mol. The van der Waals surface area contributed by atoms with Gasteiger partial charge in [-0.25, -0.2) is 0 Å². The number of benzene rings is 2. The number of esters is 1. The van der Waals surface area contributed by atoms with Crippen molar-refractivity contribution in [3.63, 3.8) is 0 Å². The molecule has 0 unspecified atom stereocenters. The monoisotopic (exact) mass is 422 g/mol. The molecule has 1 aliphatic carbocycles. The molecule has 0 bridgehead atoms. The van der Waals surface area contributed by atoms with Gasteiger partial charge < -0.3 is 15.0 Å². The van der Waals surface area contributed by atoms with Crippen molar-refractivity contribution in [3.05, 3.63) is 65.2 Å². The van der Waals surface area contributed by atoms with Crippen LogP contribution in [0.2, 0.25) is 0 Å². The number of carbonyl (C=O) groups is 3. The molecule has 6 nitrogen and oxygen atoms in total.